The summed E-state index contributed by atoms with van der Waals surface area (Å²) in [5.74, 6) is 2.22. The Bertz CT molecular complexity index is 893. The summed E-state index contributed by atoms with van der Waals surface area (Å²) in [6.07, 6.45) is 9.11. The van der Waals surface area contributed by atoms with Gasteiger partial charge >= 0.3 is 0 Å². The minimum Gasteiger partial charge on any atom is -0.492 e. The summed E-state index contributed by atoms with van der Waals surface area (Å²) >= 11 is 0. The monoisotopic (exact) mass is 452 g/mol. The van der Waals surface area contributed by atoms with Crippen molar-refractivity contribution >= 4 is 11.8 Å². The minimum atomic E-state index is -0.376. The second kappa shape index (κ2) is 9.40. The molecule has 33 heavy (non-hydrogen) atoms. The van der Waals surface area contributed by atoms with Gasteiger partial charge in [-0.2, -0.15) is 0 Å². The van der Waals surface area contributed by atoms with E-state index in [0.29, 0.717) is 24.8 Å². The molecule has 0 spiro atoms. The number of hydrogen-bond acceptors (Lipinski definition) is 4. The minimum absolute atomic E-state index is 0.0594. The van der Waals surface area contributed by atoms with Crippen LogP contribution in [0, 0.1) is 17.3 Å². The number of benzene rings is 1. The first-order chi connectivity index (χ1) is 16.0. The third-order valence-corrected chi connectivity index (χ3v) is 9.13. The van der Waals surface area contributed by atoms with Gasteiger partial charge < -0.3 is 4.74 Å². The van der Waals surface area contributed by atoms with E-state index in [0.717, 1.165) is 57.4 Å². The fourth-order valence-corrected chi connectivity index (χ4v) is 7.17. The Labute approximate surface area is 198 Å². The van der Waals surface area contributed by atoms with Crippen LogP contribution < -0.4 is 4.74 Å². The average molecular weight is 453 g/mol. The van der Waals surface area contributed by atoms with Crippen LogP contribution in [-0.4, -0.2) is 54.4 Å². The standard InChI is InChI=1S/C28H40N2O3/c1-3-4-15-30-26(31)19-25-24-9-7-20-18-21(33-17-16-29-13-5-6-14-29)8-10-22(20)23(24)11-12-28(25,2)27(30)32/h8,10,18,23-25H,3-7,9,11-17,19H2,1-2H3. The topological polar surface area (TPSA) is 49.9 Å². The number of carbonyl (C=O) groups excluding carboxylic acids is 2. The highest BCUT2D eigenvalue weighted by molar-refractivity contribution is 6.01. The summed E-state index contributed by atoms with van der Waals surface area (Å²) in [6.45, 7) is 9.03. The number of fused-ring (bicyclic) bond motifs is 5. The molecule has 2 saturated heterocycles. The van der Waals surface area contributed by atoms with Crippen molar-refractivity contribution in [3.63, 3.8) is 0 Å². The number of rotatable bonds is 7. The van der Waals surface area contributed by atoms with Gasteiger partial charge in [0.25, 0.3) is 0 Å². The van der Waals surface area contributed by atoms with Gasteiger partial charge in [-0.05, 0) is 99.0 Å². The summed E-state index contributed by atoms with van der Waals surface area (Å²) in [5, 5.41) is 0. The molecule has 1 aromatic carbocycles. The van der Waals surface area contributed by atoms with E-state index in [-0.39, 0.29) is 23.1 Å². The smallest absolute Gasteiger partial charge is 0.235 e. The van der Waals surface area contributed by atoms with Crippen LogP contribution in [0.3, 0.4) is 0 Å². The first kappa shape index (κ1) is 22.9. The molecule has 5 heteroatoms. The molecule has 5 rings (SSSR count). The molecule has 0 aromatic heterocycles. The number of unbranched alkanes of at least 4 members (excludes halogenated alkanes) is 1. The number of hydrogen-bond donors (Lipinski definition) is 0. The molecule has 2 aliphatic heterocycles. The maximum absolute atomic E-state index is 13.4. The van der Waals surface area contributed by atoms with Crippen molar-refractivity contribution in [1.82, 2.24) is 9.80 Å². The number of piperidine rings is 1. The van der Waals surface area contributed by atoms with Gasteiger partial charge in [0, 0.05) is 19.5 Å². The van der Waals surface area contributed by atoms with Crippen molar-refractivity contribution in [3.05, 3.63) is 29.3 Å². The SMILES string of the molecule is CCCCN1C(=O)CC2C3CCc4cc(OCCN5CCCC5)ccc4C3CCC2(C)C1=O. The molecule has 0 N–H and O–H groups in total. The van der Waals surface area contributed by atoms with E-state index in [1.807, 2.05) is 0 Å². The number of imide groups is 1. The first-order valence-electron chi connectivity index (χ1n) is 13.3. The highest BCUT2D eigenvalue weighted by Crippen LogP contribution is 2.58. The van der Waals surface area contributed by atoms with Crippen LogP contribution >= 0.6 is 0 Å². The lowest BCUT2D eigenvalue weighted by atomic mass is 9.52. The molecule has 2 heterocycles. The fraction of sp³-hybridized carbons (Fsp3) is 0.714. The predicted octanol–water partition coefficient (Wildman–Crippen LogP) is 4.78. The van der Waals surface area contributed by atoms with Crippen molar-refractivity contribution < 1.29 is 14.3 Å². The van der Waals surface area contributed by atoms with Crippen LogP contribution in [0.1, 0.15) is 82.3 Å². The van der Waals surface area contributed by atoms with Crippen molar-refractivity contribution in [2.24, 2.45) is 17.3 Å². The largest absolute Gasteiger partial charge is 0.492 e. The molecule has 180 valence electrons. The molecule has 1 saturated carbocycles. The molecule has 4 unspecified atom stereocenters. The first-order valence-corrected chi connectivity index (χ1v) is 13.3. The summed E-state index contributed by atoms with van der Waals surface area (Å²) in [5.41, 5.74) is 2.48. The summed E-state index contributed by atoms with van der Waals surface area (Å²) < 4.78 is 6.11. The molecular formula is C28H40N2O3. The lowest BCUT2D eigenvalue weighted by Crippen LogP contribution is -2.59. The second-order valence-corrected chi connectivity index (χ2v) is 11.0. The van der Waals surface area contributed by atoms with Crippen molar-refractivity contribution in [1.29, 1.82) is 0 Å². The highest BCUT2D eigenvalue weighted by atomic mass is 16.5. The Kier molecular flexibility index (Phi) is 6.52. The van der Waals surface area contributed by atoms with E-state index in [1.54, 1.807) is 4.90 Å². The van der Waals surface area contributed by atoms with Crippen LogP contribution in [0.15, 0.2) is 18.2 Å². The second-order valence-electron chi connectivity index (χ2n) is 11.0. The van der Waals surface area contributed by atoms with Crippen molar-refractivity contribution in [3.8, 4) is 5.75 Å². The maximum atomic E-state index is 13.4. The van der Waals surface area contributed by atoms with Gasteiger partial charge in [-0.15, -0.1) is 0 Å². The fourth-order valence-electron chi connectivity index (χ4n) is 7.17. The Hall–Kier alpha value is -1.88. The Morgan fingerprint density at radius 1 is 1.12 bits per heavy atom. The molecular weight excluding hydrogens is 412 g/mol. The Morgan fingerprint density at radius 2 is 1.94 bits per heavy atom. The summed E-state index contributed by atoms with van der Waals surface area (Å²) in [6, 6.07) is 6.68. The third-order valence-electron chi connectivity index (χ3n) is 9.13. The van der Waals surface area contributed by atoms with Gasteiger partial charge in [-0.3, -0.25) is 19.4 Å². The predicted molar refractivity (Wildman–Crippen MR) is 129 cm³/mol. The number of carbonyl (C=O) groups is 2. The van der Waals surface area contributed by atoms with Crippen LogP contribution in [0.5, 0.6) is 5.75 Å². The molecule has 2 aliphatic carbocycles. The maximum Gasteiger partial charge on any atom is 0.235 e. The van der Waals surface area contributed by atoms with Gasteiger partial charge in [-0.25, -0.2) is 0 Å². The number of nitrogens with zero attached hydrogens (tertiary/aromatic N) is 2. The third kappa shape index (κ3) is 4.22. The molecule has 4 atom stereocenters. The van der Waals surface area contributed by atoms with Gasteiger partial charge in [0.15, 0.2) is 0 Å². The quantitative estimate of drug-likeness (QED) is 0.559. The van der Waals surface area contributed by atoms with E-state index in [9.17, 15) is 9.59 Å². The number of aryl methyl sites for hydroxylation is 1. The number of amides is 2. The van der Waals surface area contributed by atoms with E-state index < -0.39 is 0 Å². The number of likely N-dealkylation sites (tertiary alicyclic amines) is 2. The van der Waals surface area contributed by atoms with E-state index in [4.69, 9.17) is 4.74 Å². The highest BCUT2D eigenvalue weighted by Gasteiger charge is 2.57. The van der Waals surface area contributed by atoms with Gasteiger partial charge in [0.05, 0.1) is 5.41 Å². The lowest BCUT2D eigenvalue weighted by Gasteiger charge is -2.54. The summed E-state index contributed by atoms with van der Waals surface area (Å²) in [7, 11) is 0. The van der Waals surface area contributed by atoms with Gasteiger partial charge in [0.1, 0.15) is 12.4 Å². The van der Waals surface area contributed by atoms with Crippen molar-refractivity contribution in [2.75, 3.05) is 32.8 Å². The Balaban J connectivity index is 1.28. The molecule has 4 aliphatic rings. The van der Waals surface area contributed by atoms with Gasteiger partial charge in [0.2, 0.25) is 11.8 Å². The Morgan fingerprint density at radius 3 is 2.73 bits per heavy atom. The molecule has 0 radical (unpaired) electrons. The van der Waals surface area contributed by atoms with Gasteiger partial charge in [-0.1, -0.05) is 26.3 Å². The molecule has 2 amide bonds. The normalized spacial score (nSPS) is 31.8. The van der Waals surface area contributed by atoms with E-state index in [2.05, 4.69) is 36.9 Å². The zero-order valence-electron chi connectivity index (χ0n) is 20.5. The average Bonchev–Trinajstić information content (AvgIpc) is 3.33. The van der Waals surface area contributed by atoms with Crippen LogP contribution in [0.25, 0.3) is 0 Å². The van der Waals surface area contributed by atoms with E-state index >= 15 is 0 Å². The van der Waals surface area contributed by atoms with Crippen molar-refractivity contribution in [2.45, 2.75) is 77.6 Å². The summed E-state index contributed by atoms with van der Waals surface area (Å²) in [4.78, 5) is 30.5. The molecule has 1 aromatic rings. The molecule has 5 nitrogen and oxygen atoms in total. The molecule has 0 bridgehead atoms. The lowest BCUT2D eigenvalue weighted by molar-refractivity contribution is -0.167. The van der Waals surface area contributed by atoms with Crippen LogP contribution in [-0.2, 0) is 16.0 Å². The van der Waals surface area contributed by atoms with Crippen LogP contribution in [0.2, 0.25) is 0 Å². The number of ether oxygens (including phenoxy) is 1. The van der Waals surface area contributed by atoms with Crippen LogP contribution in [0.4, 0.5) is 0 Å². The zero-order valence-corrected chi connectivity index (χ0v) is 20.5. The molecule has 3 fully saturated rings. The van der Waals surface area contributed by atoms with E-state index in [1.165, 1.54) is 37.1 Å². The zero-order chi connectivity index (χ0) is 23.0.